The Morgan fingerprint density at radius 1 is 1.89 bits per heavy atom. The fourth-order valence-corrected chi connectivity index (χ4v) is 0.815. The van der Waals surface area contributed by atoms with Crippen LogP contribution < -0.4 is 4.74 Å². The van der Waals surface area contributed by atoms with Crippen LogP contribution in [0.1, 0.15) is 0 Å². The highest BCUT2D eigenvalue weighted by molar-refractivity contribution is 7.11. The highest BCUT2D eigenvalue weighted by Crippen LogP contribution is 2.12. The number of thiazole rings is 1. The van der Waals surface area contributed by atoms with E-state index in [2.05, 4.69) is 9.72 Å². The number of carboxylic acid groups (broad SMARTS) is 1. The Hall–Kier alpha value is -1.10. The largest absolute Gasteiger partial charge is 0.513 e. The first-order chi connectivity index (χ1) is 4.29. The molecule has 0 aromatic carbocycles. The standard InChI is InChI=1S/C4H3NO3S/c6-4(7)8-3-5-1-2-9-3/h1-2H,(H,6,7). The molecule has 0 unspecified atom stereocenters. The lowest BCUT2D eigenvalue weighted by molar-refractivity contribution is 0.144. The zero-order chi connectivity index (χ0) is 6.69. The summed E-state index contributed by atoms with van der Waals surface area (Å²) in [5.41, 5.74) is 0. The van der Waals surface area contributed by atoms with Crippen LogP contribution in [0, 0.1) is 0 Å². The van der Waals surface area contributed by atoms with Crippen molar-refractivity contribution in [1.82, 2.24) is 4.98 Å². The van der Waals surface area contributed by atoms with Crippen LogP contribution in [-0.2, 0) is 0 Å². The Balaban J connectivity index is 2.58. The molecule has 4 nitrogen and oxygen atoms in total. The van der Waals surface area contributed by atoms with E-state index in [1.807, 2.05) is 0 Å². The minimum absolute atomic E-state index is 0.155. The lowest BCUT2D eigenvalue weighted by Crippen LogP contribution is -2.01. The molecule has 0 spiro atoms. The van der Waals surface area contributed by atoms with E-state index in [9.17, 15) is 4.79 Å². The molecule has 1 heterocycles. The zero-order valence-electron chi connectivity index (χ0n) is 4.27. The van der Waals surface area contributed by atoms with Gasteiger partial charge < -0.3 is 9.84 Å². The van der Waals surface area contributed by atoms with Crippen molar-refractivity contribution in [3.63, 3.8) is 0 Å². The van der Waals surface area contributed by atoms with Crippen LogP contribution in [0.2, 0.25) is 0 Å². The monoisotopic (exact) mass is 145 g/mol. The van der Waals surface area contributed by atoms with Gasteiger partial charge in [-0.25, -0.2) is 9.78 Å². The summed E-state index contributed by atoms with van der Waals surface area (Å²) in [5, 5.41) is 9.82. The molecule has 5 heteroatoms. The SMILES string of the molecule is O=C(O)Oc1nccs1. The van der Waals surface area contributed by atoms with Gasteiger partial charge in [0.2, 0.25) is 0 Å². The van der Waals surface area contributed by atoms with Gasteiger partial charge in [-0.3, -0.25) is 0 Å². The van der Waals surface area contributed by atoms with Gasteiger partial charge in [-0.15, -0.1) is 0 Å². The number of carbonyl (C=O) groups is 1. The highest BCUT2D eigenvalue weighted by atomic mass is 32.1. The van der Waals surface area contributed by atoms with E-state index in [1.165, 1.54) is 6.20 Å². The topological polar surface area (TPSA) is 59.4 Å². The van der Waals surface area contributed by atoms with Gasteiger partial charge in [0.05, 0.1) is 0 Å². The first-order valence-corrected chi connectivity index (χ1v) is 2.97. The van der Waals surface area contributed by atoms with Crippen LogP contribution in [0.5, 0.6) is 5.19 Å². The molecule has 0 aliphatic rings. The Kier molecular flexibility index (Phi) is 1.64. The predicted molar refractivity (Wildman–Crippen MR) is 30.8 cm³/mol. The molecule has 0 amide bonds. The number of ether oxygens (including phenoxy) is 1. The van der Waals surface area contributed by atoms with Crippen LogP contribution in [0.15, 0.2) is 11.6 Å². The molecular formula is C4H3NO3S. The van der Waals surface area contributed by atoms with E-state index >= 15 is 0 Å². The van der Waals surface area contributed by atoms with E-state index in [0.717, 1.165) is 11.3 Å². The third-order valence-electron chi connectivity index (χ3n) is 0.584. The van der Waals surface area contributed by atoms with Crippen LogP contribution in [0.3, 0.4) is 0 Å². The van der Waals surface area contributed by atoms with Crippen molar-refractivity contribution in [2.45, 2.75) is 0 Å². The van der Waals surface area contributed by atoms with Crippen molar-refractivity contribution in [1.29, 1.82) is 0 Å². The van der Waals surface area contributed by atoms with Crippen molar-refractivity contribution in [2.75, 3.05) is 0 Å². The molecule has 0 saturated carbocycles. The van der Waals surface area contributed by atoms with E-state index in [1.54, 1.807) is 5.38 Å². The minimum atomic E-state index is -1.33. The van der Waals surface area contributed by atoms with Crippen LogP contribution in [0.25, 0.3) is 0 Å². The third-order valence-corrected chi connectivity index (χ3v) is 1.23. The number of nitrogens with zero attached hydrogens (tertiary/aromatic N) is 1. The second kappa shape index (κ2) is 2.45. The van der Waals surface area contributed by atoms with E-state index < -0.39 is 6.16 Å². The Morgan fingerprint density at radius 3 is 3.11 bits per heavy atom. The van der Waals surface area contributed by atoms with Gasteiger partial charge in [-0.1, -0.05) is 11.3 Å². The molecule has 1 N–H and O–H groups in total. The molecule has 0 aliphatic heterocycles. The molecule has 0 saturated heterocycles. The zero-order valence-corrected chi connectivity index (χ0v) is 5.09. The molecule has 48 valence electrons. The average Bonchev–Trinajstić information content (AvgIpc) is 2.15. The van der Waals surface area contributed by atoms with Gasteiger partial charge in [-0.05, 0) is 0 Å². The summed E-state index contributed by atoms with van der Waals surface area (Å²) in [4.78, 5) is 13.4. The molecule has 1 aromatic rings. The number of rotatable bonds is 1. The molecule has 0 fully saturated rings. The van der Waals surface area contributed by atoms with Gasteiger partial charge >= 0.3 is 6.16 Å². The molecule has 0 aliphatic carbocycles. The summed E-state index contributed by atoms with van der Waals surface area (Å²) < 4.78 is 4.18. The highest BCUT2D eigenvalue weighted by Gasteiger charge is 2.00. The summed E-state index contributed by atoms with van der Waals surface area (Å²) in [6.45, 7) is 0. The van der Waals surface area contributed by atoms with Crippen LogP contribution in [0.4, 0.5) is 4.79 Å². The summed E-state index contributed by atoms with van der Waals surface area (Å²) in [7, 11) is 0. The van der Waals surface area contributed by atoms with Gasteiger partial charge in [-0.2, -0.15) is 0 Å². The predicted octanol–water partition coefficient (Wildman–Crippen LogP) is 1.20. The van der Waals surface area contributed by atoms with E-state index in [4.69, 9.17) is 5.11 Å². The molecule has 0 radical (unpaired) electrons. The van der Waals surface area contributed by atoms with Crippen LogP contribution >= 0.6 is 11.3 Å². The second-order valence-electron chi connectivity index (χ2n) is 1.17. The average molecular weight is 145 g/mol. The molecule has 9 heavy (non-hydrogen) atoms. The maximum atomic E-state index is 9.81. The first-order valence-electron chi connectivity index (χ1n) is 2.09. The number of aromatic nitrogens is 1. The Labute approximate surface area is 54.7 Å². The fourth-order valence-electron chi connectivity index (χ4n) is 0.335. The molecule has 1 rings (SSSR count). The van der Waals surface area contributed by atoms with E-state index in [0.29, 0.717) is 0 Å². The van der Waals surface area contributed by atoms with Crippen molar-refractivity contribution in [3.8, 4) is 5.19 Å². The Morgan fingerprint density at radius 2 is 2.67 bits per heavy atom. The smallest absolute Gasteiger partial charge is 0.449 e. The lowest BCUT2D eigenvalue weighted by atomic mass is 11.0. The second-order valence-corrected chi connectivity index (χ2v) is 2.02. The van der Waals surface area contributed by atoms with Gasteiger partial charge in [0.15, 0.2) is 0 Å². The quantitative estimate of drug-likeness (QED) is 0.603. The lowest BCUT2D eigenvalue weighted by Gasteiger charge is -1.88. The third kappa shape index (κ3) is 1.69. The van der Waals surface area contributed by atoms with Gasteiger partial charge in [0.25, 0.3) is 5.19 Å². The van der Waals surface area contributed by atoms with E-state index in [-0.39, 0.29) is 5.19 Å². The van der Waals surface area contributed by atoms with Crippen molar-refractivity contribution in [2.24, 2.45) is 0 Å². The normalized spacial score (nSPS) is 8.89. The molecular weight excluding hydrogens is 142 g/mol. The summed E-state index contributed by atoms with van der Waals surface area (Å²) in [6, 6.07) is 0. The number of hydrogen-bond acceptors (Lipinski definition) is 4. The maximum absolute atomic E-state index is 9.81. The van der Waals surface area contributed by atoms with Crippen molar-refractivity contribution in [3.05, 3.63) is 11.6 Å². The summed E-state index contributed by atoms with van der Waals surface area (Å²) in [6.07, 6.45) is 0.146. The minimum Gasteiger partial charge on any atom is -0.449 e. The Bertz CT molecular complexity index is 196. The van der Waals surface area contributed by atoms with Crippen molar-refractivity contribution >= 4 is 17.5 Å². The van der Waals surface area contributed by atoms with Crippen molar-refractivity contribution < 1.29 is 14.6 Å². The van der Waals surface area contributed by atoms with Crippen LogP contribution in [-0.4, -0.2) is 16.2 Å². The molecule has 1 aromatic heterocycles. The number of hydrogen-bond donors (Lipinski definition) is 1. The first kappa shape index (κ1) is 6.03. The fraction of sp³-hybridized carbons (Fsp3) is 0. The maximum Gasteiger partial charge on any atom is 0.513 e. The summed E-state index contributed by atoms with van der Waals surface area (Å²) >= 11 is 1.14. The summed E-state index contributed by atoms with van der Waals surface area (Å²) in [5.74, 6) is 0. The van der Waals surface area contributed by atoms with Gasteiger partial charge in [0.1, 0.15) is 0 Å². The molecule has 0 bridgehead atoms. The molecule has 0 atom stereocenters. The van der Waals surface area contributed by atoms with Gasteiger partial charge in [0, 0.05) is 11.6 Å².